The Balaban J connectivity index is 1.51. The number of fused-ring (bicyclic) bond motifs is 1. The molecular weight excluding hydrogens is 420 g/mol. The fraction of sp³-hybridized carbons (Fsp3) is 0.409. The van der Waals surface area contributed by atoms with Crippen molar-refractivity contribution in [2.24, 2.45) is 0 Å². The number of likely N-dealkylation sites (tertiary alicyclic amines) is 1. The predicted molar refractivity (Wildman–Crippen MR) is 115 cm³/mol. The summed E-state index contributed by atoms with van der Waals surface area (Å²) in [5.41, 5.74) is 0.509. The summed E-state index contributed by atoms with van der Waals surface area (Å²) in [7, 11) is -2.32. The topological polar surface area (TPSA) is 85.4 Å². The van der Waals surface area contributed by atoms with Gasteiger partial charge in [0.25, 0.3) is 15.9 Å². The van der Waals surface area contributed by atoms with Gasteiger partial charge in [0.05, 0.1) is 17.2 Å². The van der Waals surface area contributed by atoms with Crippen LogP contribution >= 0.6 is 0 Å². The molecule has 0 radical (unpaired) electrons. The molecule has 0 bridgehead atoms. The number of hydrogen-bond donors (Lipinski definition) is 0. The van der Waals surface area contributed by atoms with E-state index in [1.54, 1.807) is 29.2 Å². The maximum atomic E-state index is 13.1. The number of anilines is 1. The van der Waals surface area contributed by atoms with Crippen LogP contribution in [0, 0.1) is 0 Å². The number of carbonyl (C=O) groups is 1. The summed E-state index contributed by atoms with van der Waals surface area (Å²) in [5, 5.41) is 0. The van der Waals surface area contributed by atoms with Crippen molar-refractivity contribution in [3.05, 3.63) is 42.5 Å². The second-order valence-electron chi connectivity index (χ2n) is 7.46. The first-order chi connectivity index (χ1) is 14.9. The number of ether oxygens (including phenoxy) is 3. The minimum absolute atomic E-state index is 0.0561. The van der Waals surface area contributed by atoms with Crippen LogP contribution in [-0.2, 0) is 14.8 Å². The molecule has 166 valence electrons. The third kappa shape index (κ3) is 4.27. The van der Waals surface area contributed by atoms with Crippen LogP contribution < -0.4 is 18.5 Å². The summed E-state index contributed by atoms with van der Waals surface area (Å²) in [6.07, 6.45) is 1.29. The van der Waals surface area contributed by atoms with Crippen molar-refractivity contribution in [1.82, 2.24) is 4.90 Å². The maximum absolute atomic E-state index is 13.1. The van der Waals surface area contributed by atoms with E-state index in [1.807, 2.05) is 6.92 Å². The fourth-order valence-corrected chi connectivity index (χ4v) is 4.90. The zero-order chi connectivity index (χ0) is 22.0. The lowest BCUT2D eigenvalue weighted by Crippen LogP contribution is -2.45. The summed E-state index contributed by atoms with van der Waals surface area (Å²) in [6.45, 7) is 3.95. The molecule has 4 rings (SSSR count). The molecule has 2 aliphatic heterocycles. The lowest BCUT2D eigenvalue weighted by atomic mass is 10.2. The Morgan fingerprint density at radius 1 is 1.13 bits per heavy atom. The van der Waals surface area contributed by atoms with Gasteiger partial charge in [-0.3, -0.25) is 9.10 Å². The first-order valence-corrected chi connectivity index (χ1v) is 11.8. The van der Waals surface area contributed by atoms with Crippen LogP contribution in [0.25, 0.3) is 0 Å². The van der Waals surface area contributed by atoms with Gasteiger partial charge in [0.15, 0.2) is 11.5 Å². The highest BCUT2D eigenvalue weighted by Crippen LogP contribution is 2.36. The van der Waals surface area contributed by atoms with Crippen molar-refractivity contribution in [1.29, 1.82) is 0 Å². The Morgan fingerprint density at radius 2 is 1.84 bits per heavy atom. The lowest BCUT2D eigenvalue weighted by molar-refractivity contribution is -0.140. The van der Waals surface area contributed by atoms with Gasteiger partial charge < -0.3 is 19.1 Å². The smallest absolute Gasteiger partial charge is 0.267 e. The van der Waals surface area contributed by atoms with Gasteiger partial charge in [0.2, 0.25) is 6.10 Å². The summed E-state index contributed by atoms with van der Waals surface area (Å²) in [6, 6.07) is 11.3. The largest absolute Gasteiger partial charge is 0.494 e. The molecule has 8 nitrogen and oxygen atoms in total. The van der Waals surface area contributed by atoms with Crippen LogP contribution in [0.2, 0.25) is 0 Å². The first kappa shape index (κ1) is 21.3. The molecule has 0 aromatic heterocycles. The Morgan fingerprint density at radius 3 is 2.52 bits per heavy atom. The molecule has 9 heteroatoms. The molecule has 1 fully saturated rings. The standard InChI is InChI=1S/C22H26N2O6S/c1-3-28-17-8-6-16(7-9-17)23(2)31(26,27)18-10-11-19-20(14-18)29-15-21(30-19)22(25)24-12-4-5-13-24/h6-11,14,21H,3-5,12-13,15H2,1-2H3/t21-/m0/s1. The summed E-state index contributed by atoms with van der Waals surface area (Å²) >= 11 is 0. The van der Waals surface area contributed by atoms with Crippen molar-refractivity contribution >= 4 is 21.6 Å². The summed E-state index contributed by atoms with van der Waals surface area (Å²) in [5.74, 6) is 1.27. The van der Waals surface area contributed by atoms with E-state index in [-0.39, 0.29) is 17.4 Å². The zero-order valence-corrected chi connectivity index (χ0v) is 18.4. The Kier molecular flexibility index (Phi) is 5.95. The van der Waals surface area contributed by atoms with Gasteiger partial charge in [0, 0.05) is 26.2 Å². The van der Waals surface area contributed by atoms with Crippen molar-refractivity contribution < 1.29 is 27.4 Å². The Hall–Kier alpha value is -2.94. The Bertz CT molecular complexity index is 1050. The highest BCUT2D eigenvalue weighted by atomic mass is 32.2. The minimum atomic E-state index is -3.81. The van der Waals surface area contributed by atoms with E-state index in [4.69, 9.17) is 14.2 Å². The molecule has 2 aromatic rings. The molecule has 0 spiro atoms. The van der Waals surface area contributed by atoms with Gasteiger partial charge in [-0.2, -0.15) is 0 Å². The van der Waals surface area contributed by atoms with E-state index in [1.165, 1.54) is 29.6 Å². The number of sulfonamides is 1. The number of nitrogens with zero attached hydrogens (tertiary/aromatic N) is 2. The van der Waals surface area contributed by atoms with Crippen LogP contribution in [0.5, 0.6) is 17.2 Å². The highest BCUT2D eigenvalue weighted by molar-refractivity contribution is 7.92. The normalized spacial score (nSPS) is 18.0. The third-order valence-electron chi connectivity index (χ3n) is 5.44. The number of rotatable bonds is 6. The molecular formula is C22H26N2O6S. The molecule has 2 aromatic carbocycles. The number of benzene rings is 2. The van der Waals surface area contributed by atoms with Crippen molar-refractivity contribution in [2.75, 3.05) is 37.7 Å². The molecule has 0 saturated carbocycles. The number of hydrogen-bond acceptors (Lipinski definition) is 6. The van der Waals surface area contributed by atoms with E-state index in [0.29, 0.717) is 29.5 Å². The molecule has 0 unspecified atom stereocenters. The minimum Gasteiger partial charge on any atom is -0.494 e. The lowest BCUT2D eigenvalue weighted by Gasteiger charge is -2.29. The van der Waals surface area contributed by atoms with Gasteiger partial charge in [-0.1, -0.05) is 0 Å². The fourth-order valence-electron chi connectivity index (χ4n) is 3.69. The predicted octanol–water partition coefficient (Wildman–Crippen LogP) is 2.67. The molecule has 2 aliphatic rings. The third-order valence-corrected chi connectivity index (χ3v) is 7.22. The number of amides is 1. The molecule has 0 aliphatic carbocycles. The van der Waals surface area contributed by atoms with Gasteiger partial charge in [0.1, 0.15) is 12.4 Å². The first-order valence-electron chi connectivity index (χ1n) is 10.3. The van der Waals surface area contributed by atoms with Crippen molar-refractivity contribution in [3.63, 3.8) is 0 Å². The van der Waals surface area contributed by atoms with Gasteiger partial charge in [-0.05, 0) is 56.2 Å². The van der Waals surface area contributed by atoms with Crippen LogP contribution in [0.1, 0.15) is 19.8 Å². The molecule has 1 atom stereocenters. The van der Waals surface area contributed by atoms with Gasteiger partial charge in [-0.15, -0.1) is 0 Å². The molecule has 31 heavy (non-hydrogen) atoms. The van der Waals surface area contributed by atoms with Crippen LogP contribution in [-0.4, -0.2) is 58.7 Å². The average molecular weight is 447 g/mol. The SMILES string of the molecule is CCOc1ccc(N(C)S(=O)(=O)c2ccc3c(c2)OC[C@@H](C(=O)N2CCCC2)O3)cc1. The molecule has 0 N–H and O–H groups in total. The molecule has 1 amide bonds. The van der Waals surface area contributed by atoms with Crippen molar-refractivity contribution in [3.8, 4) is 17.2 Å². The zero-order valence-electron chi connectivity index (χ0n) is 17.6. The second kappa shape index (κ2) is 8.66. The van der Waals surface area contributed by atoms with Crippen LogP contribution in [0.4, 0.5) is 5.69 Å². The Labute approximate surface area is 182 Å². The summed E-state index contributed by atoms with van der Waals surface area (Å²) < 4.78 is 44.4. The molecule has 2 heterocycles. The van der Waals surface area contributed by atoms with Gasteiger partial charge >= 0.3 is 0 Å². The summed E-state index contributed by atoms with van der Waals surface area (Å²) in [4.78, 5) is 14.4. The van der Waals surface area contributed by atoms with Gasteiger partial charge in [-0.25, -0.2) is 8.42 Å². The maximum Gasteiger partial charge on any atom is 0.267 e. The van der Waals surface area contributed by atoms with E-state index in [0.717, 1.165) is 25.9 Å². The molecule has 1 saturated heterocycles. The van der Waals surface area contributed by atoms with Crippen LogP contribution in [0.3, 0.4) is 0 Å². The van der Waals surface area contributed by atoms with E-state index in [9.17, 15) is 13.2 Å². The van der Waals surface area contributed by atoms with Crippen molar-refractivity contribution in [2.45, 2.75) is 30.8 Å². The second-order valence-corrected chi connectivity index (χ2v) is 9.43. The monoisotopic (exact) mass is 446 g/mol. The van der Waals surface area contributed by atoms with E-state index < -0.39 is 16.1 Å². The quantitative estimate of drug-likeness (QED) is 0.678. The van der Waals surface area contributed by atoms with Crippen LogP contribution in [0.15, 0.2) is 47.4 Å². The average Bonchev–Trinajstić information content (AvgIpc) is 3.33. The highest BCUT2D eigenvalue weighted by Gasteiger charge is 2.33. The number of carbonyl (C=O) groups excluding carboxylic acids is 1. The van der Waals surface area contributed by atoms with E-state index in [2.05, 4.69) is 0 Å². The van der Waals surface area contributed by atoms with E-state index >= 15 is 0 Å².